The standard InChI is InChI=1S/C13H14N4O4/c1-14-12-11(17(18)19)13(16-8-15-12)21-7-9-4-3-5-10(6-9)20-2/h3-6,8H,7H2,1-2H3,(H,14,15,16). The van der Waals surface area contributed by atoms with E-state index in [1.54, 1.807) is 26.3 Å². The molecule has 0 unspecified atom stereocenters. The number of nitrogens with zero attached hydrogens (tertiary/aromatic N) is 3. The first-order valence-electron chi connectivity index (χ1n) is 6.08. The van der Waals surface area contributed by atoms with Crippen molar-refractivity contribution in [1.29, 1.82) is 0 Å². The zero-order valence-corrected chi connectivity index (χ0v) is 11.6. The first kappa shape index (κ1) is 14.5. The molecule has 0 bridgehead atoms. The van der Waals surface area contributed by atoms with Gasteiger partial charge in [-0.3, -0.25) is 10.1 Å². The minimum atomic E-state index is -0.577. The average Bonchev–Trinajstić information content (AvgIpc) is 2.52. The summed E-state index contributed by atoms with van der Waals surface area (Å²) in [5, 5.41) is 13.7. The Labute approximate surface area is 120 Å². The third-order valence-corrected chi connectivity index (χ3v) is 2.72. The van der Waals surface area contributed by atoms with Crippen LogP contribution in [0.2, 0.25) is 0 Å². The van der Waals surface area contributed by atoms with Gasteiger partial charge in [0.15, 0.2) is 0 Å². The predicted molar refractivity (Wildman–Crippen MR) is 75.6 cm³/mol. The van der Waals surface area contributed by atoms with Gasteiger partial charge in [0.1, 0.15) is 18.7 Å². The van der Waals surface area contributed by atoms with E-state index >= 15 is 0 Å². The van der Waals surface area contributed by atoms with Gasteiger partial charge >= 0.3 is 5.69 Å². The van der Waals surface area contributed by atoms with E-state index in [9.17, 15) is 10.1 Å². The molecule has 0 spiro atoms. The van der Waals surface area contributed by atoms with E-state index in [1.165, 1.54) is 6.33 Å². The zero-order chi connectivity index (χ0) is 15.2. The fourth-order valence-electron chi connectivity index (χ4n) is 1.73. The van der Waals surface area contributed by atoms with E-state index in [-0.39, 0.29) is 24.0 Å². The first-order valence-corrected chi connectivity index (χ1v) is 6.08. The fraction of sp³-hybridized carbons (Fsp3) is 0.231. The molecule has 0 aliphatic heterocycles. The van der Waals surface area contributed by atoms with Crippen molar-refractivity contribution in [3.05, 3.63) is 46.3 Å². The second-order valence-electron chi connectivity index (χ2n) is 4.02. The molecule has 0 aliphatic rings. The minimum absolute atomic E-state index is 0.0813. The second-order valence-corrected chi connectivity index (χ2v) is 4.02. The maximum atomic E-state index is 11.1. The number of anilines is 1. The quantitative estimate of drug-likeness (QED) is 0.641. The molecule has 0 saturated heterocycles. The van der Waals surface area contributed by atoms with Gasteiger partial charge in [-0.15, -0.1) is 0 Å². The van der Waals surface area contributed by atoms with Crippen molar-refractivity contribution >= 4 is 11.5 Å². The molecule has 110 valence electrons. The van der Waals surface area contributed by atoms with Gasteiger partial charge in [0.25, 0.3) is 5.88 Å². The van der Waals surface area contributed by atoms with Crippen molar-refractivity contribution in [1.82, 2.24) is 9.97 Å². The summed E-state index contributed by atoms with van der Waals surface area (Å²) in [7, 11) is 3.11. The number of ether oxygens (including phenoxy) is 2. The lowest BCUT2D eigenvalue weighted by Gasteiger charge is -2.08. The summed E-state index contributed by atoms with van der Waals surface area (Å²) in [6, 6.07) is 7.22. The van der Waals surface area contributed by atoms with Crippen LogP contribution in [0.3, 0.4) is 0 Å². The van der Waals surface area contributed by atoms with E-state index in [2.05, 4.69) is 15.3 Å². The van der Waals surface area contributed by atoms with Crippen LogP contribution in [0.25, 0.3) is 0 Å². The summed E-state index contributed by atoms with van der Waals surface area (Å²) in [4.78, 5) is 18.1. The molecule has 1 heterocycles. The number of hydrogen-bond donors (Lipinski definition) is 1. The SMILES string of the molecule is CNc1ncnc(OCc2cccc(OC)c2)c1[N+](=O)[O-]. The van der Waals surface area contributed by atoms with Crippen LogP contribution in [-0.2, 0) is 6.61 Å². The number of hydrogen-bond acceptors (Lipinski definition) is 7. The molecule has 0 aliphatic carbocycles. The molecule has 1 aromatic carbocycles. The third-order valence-electron chi connectivity index (χ3n) is 2.72. The van der Waals surface area contributed by atoms with Crippen molar-refractivity contribution < 1.29 is 14.4 Å². The van der Waals surface area contributed by atoms with E-state index in [4.69, 9.17) is 9.47 Å². The van der Waals surface area contributed by atoms with Crippen LogP contribution in [0.5, 0.6) is 11.6 Å². The lowest BCUT2D eigenvalue weighted by molar-refractivity contribution is -0.385. The largest absolute Gasteiger partial charge is 0.497 e. The Morgan fingerprint density at radius 2 is 2.19 bits per heavy atom. The van der Waals surface area contributed by atoms with E-state index in [0.29, 0.717) is 5.75 Å². The highest BCUT2D eigenvalue weighted by Gasteiger charge is 2.23. The monoisotopic (exact) mass is 290 g/mol. The Kier molecular flexibility index (Phi) is 4.50. The maximum absolute atomic E-state index is 11.1. The second kappa shape index (κ2) is 6.51. The molecule has 1 aromatic heterocycles. The number of methoxy groups -OCH3 is 1. The normalized spacial score (nSPS) is 10.0. The molecule has 0 amide bonds. The highest BCUT2D eigenvalue weighted by Crippen LogP contribution is 2.30. The van der Waals surface area contributed by atoms with Gasteiger partial charge < -0.3 is 14.8 Å². The average molecular weight is 290 g/mol. The van der Waals surface area contributed by atoms with Crippen LogP contribution in [0.4, 0.5) is 11.5 Å². The van der Waals surface area contributed by atoms with E-state index in [1.807, 2.05) is 12.1 Å². The number of nitro groups is 1. The molecule has 21 heavy (non-hydrogen) atoms. The van der Waals surface area contributed by atoms with Gasteiger partial charge in [-0.1, -0.05) is 12.1 Å². The maximum Gasteiger partial charge on any atom is 0.372 e. The number of nitrogens with one attached hydrogen (secondary N) is 1. The molecule has 0 fully saturated rings. The Morgan fingerprint density at radius 3 is 2.86 bits per heavy atom. The smallest absolute Gasteiger partial charge is 0.372 e. The summed E-state index contributed by atoms with van der Waals surface area (Å²) in [6.45, 7) is 0.137. The van der Waals surface area contributed by atoms with Crippen LogP contribution >= 0.6 is 0 Å². The molecule has 8 nitrogen and oxygen atoms in total. The molecular weight excluding hydrogens is 276 g/mol. The first-order chi connectivity index (χ1) is 10.2. The van der Waals surface area contributed by atoms with Gasteiger partial charge in [-0.25, -0.2) is 4.98 Å². The number of rotatable bonds is 6. The van der Waals surface area contributed by atoms with Gasteiger partial charge in [0.2, 0.25) is 5.82 Å². The summed E-state index contributed by atoms with van der Waals surface area (Å²) >= 11 is 0. The molecular formula is C13H14N4O4. The Bertz CT molecular complexity index is 648. The zero-order valence-electron chi connectivity index (χ0n) is 11.6. The minimum Gasteiger partial charge on any atom is -0.497 e. The molecule has 2 aromatic rings. The van der Waals surface area contributed by atoms with Crippen molar-refractivity contribution in [3.8, 4) is 11.6 Å². The van der Waals surface area contributed by atoms with Crippen molar-refractivity contribution in [2.24, 2.45) is 0 Å². The van der Waals surface area contributed by atoms with Gasteiger partial charge in [-0.2, -0.15) is 4.98 Å². The van der Waals surface area contributed by atoms with E-state index < -0.39 is 4.92 Å². The molecule has 0 saturated carbocycles. The molecule has 1 N–H and O–H groups in total. The van der Waals surface area contributed by atoms with Crippen LogP contribution in [-0.4, -0.2) is 29.0 Å². The Morgan fingerprint density at radius 1 is 1.38 bits per heavy atom. The molecule has 0 radical (unpaired) electrons. The van der Waals surface area contributed by atoms with Gasteiger partial charge in [-0.05, 0) is 17.7 Å². The Hall–Kier alpha value is -2.90. The van der Waals surface area contributed by atoms with E-state index in [0.717, 1.165) is 5.56 Å². The topological polar surface area (TPSA) is 99.4 Å². The van der Waals surface area contributed by atoms with Crippen LogP contribution in [0, 0.1) is 10.1 Å². The van der Waals surface area contributed by atoms with Crippen LogP contribution in [0.1, 0.15) is 5.56 Å². The summed E-state index contributed by atoms with van der Waals surface area (Å²) in [6.07, 6.45) is 1.21. The van der Waals surface area contributed by atoms with Crippen LogP contribution in [0.15, 0.2) is 30.6 Å². The highest BCUT2D eigenvalue weighted by molar-refractivity contribution is 5.60. The summed E-state index contributed by atoms with van der Waals surface area (Å²) in [5.41, 5.74) is 0.524. The molecule has 0 atom stereocenters. The van der Waals surface area contributed by atoms with Gasteiger partial charge in [0, 0.05) is 7.05 Å². The lowest BCUT2D eigenvalue weighted by atomic mass is 10.2. The van der Waals surface area contributed by atoms with Crippen molar-refractivity contribution in [2.75, 3.05) is 19.5 Å². The number of benzene rings is 1. The van der Waals surface area contributed by atoms with Gasteiger partial charge in [0.05, 0.1) is 12.0 Å². The lowest BCUT2D eigenvalue weighted by Crippen LogP contribution is -2.05. The fourth-order valence-corrected chi connectivity index (χ4v) is 1.73. The number of aromatic nitrogens is 2. The third kappa shape index (κ3) is 3.35. The van der Waals surface area contributed by atoms with Crippen molar-refractivity contribution in [3.63, 3.8) is 0 Å². The molecule has 8 heteroatoms. The summed E-state index contributed by atoms with van der Waals surface area (Å²) in [5.74, 6) is 0.710. The molecule has 2 rings (SSSR count). The predicted octanol–water partition coefficient (Wildman–Crippen LogP) is 2.01. The van der Waals surface area contributed by atoms with Crippen LogP contribution < -0.4 is 14.8 Å². The highest BCUT2D eigenvalue weighted by atomic mass is 16.6. The Balaban J connectivity index is 2.21. The summed E-state index contributed by atoms with van der Waals surface area (Å²) < 4.78 is 10.5. The van der Waals surface area contributed by atoms with Crippen molar-refractivity contribution in [2.45, 2.75) is 6.61 Å².